The zero-order valence-electron chi connectivity index (χ0n) is 11.6. The van der Waals surface area contributed by atoms with Gasteiger partial charge in [0.05, 0.1) is 12.3 Å². The first-order valence-corrected chi connectivity index (χ1v) is 7.10. The van der Waals surface area contributed by atoms with E-state index in [0.29, 0.717) is 17.4 Å². The molecule has 0 saturated carbocycles. The van der Waals surface area contributed by atoms with Gasteiger partial charge in [-0.3, -0.25) is 4.98 Å². The Kier molecular flexibility index (Phi) is 4.37. The van der Waals surface area contributed by atoms with E-state index in [4.69, 9.17) is 16.7 Å². The van der Waals surface area contributed by atoms with Crippen molar-refractivity contribution in [1.82, 2.24) is 19.9 Å². The number of aliphatic hydroxyl groups is 1. The molecule has 0 aromatic carbocycles. The number of hydrogen-bond donors (Lipinski definition) is 1. The summed E-state index contributed by atoms with van der Waals surface area (Å²) in [7, 11) is 0. The van der Waals surface area contributed by atoms with Gasteiger partial charge in [0.1, 0.15) is 11.0 Å². The molecule has 3 heterocycles. The molecule has 0 aliphatic heterocycles. The molecule has 0 spiro atoms. The van der Waals surface area contributed by atoms with E-state index in [1.165, 1.54) is 0 Å². The third-order valence-electron chi connectivity index (χ3n) is 3.12. The van der Waals surface area contributed by atoms with Gasteiger partial charge < -0.3 is 5.11 Å². The number of hydrogen-bond acceptors (Lipinski definition) is 5. The van der Waals surface area contributed by atoms with Gasteiger partial charge in [0.2, 0.25) is 0 Å². The molecule has 0 amide bonds. The van der Waals surface area contributed by atoms with Gasteiger partial charge in [-0.05, 0) is 35.4 Å². The van der Waals surface area contributed by atoms with E-state index in [1.807, 2.05) is 18.2 Å². The second-order valence-corrected chi connectivity index (χ2v) is 5.15. The highest BCUT2D eigenvalue weighted by Gasteiger charge is 2.05. The summed E-state index contributed by atoms with van der Waals surface area (Å²) >= 11 is 5.80. The third-order valence-corrected chi connectivity index (χ3v) is 3.35. The molecule has 3 rings (SSSR count). The standard InChI is InChI=1S/C16H13ClN4O/c17-15-2-1-13(9-20-15)14-3-4-19-16(21-14)6-11-5-12(10-22)8-18-7-11/h1-5,7-9,22H,6,10H2. The molecule has 0 unspecified atom stereocenters. The van der Waals surface area contributed by atoms with E-state index in [2.05, 4.69) is 19.9 Å². The van der Waals surface area contributed by atoms with E-state index in [-0.39, 0.29) is 6.61 Å². The molecule has 1 N–H and O–H groups in total. The van der Waals surface area contributed by atoms with Crippen molar-refractivity contribution in [2.75, 3.05) is 0 Å². The highest BCUT2D eigenvalue weighted by molar-refractivity contribution is 6.29. The quantitative estimate of drug-likeness (QED) is 0.750. The van der Waals surface area contributed by atoms with Crippen LogP contribution in [-0.4, -0.2) is 25.0 Å². The number of halogens is 1. The van der Waals surface area contributed by atoms with Gasteiger partial charge in [0, 0.05) is 36.8 Å². The Hall–Kier alpha value is -2.37. The summed E-state index contributed by atoms with van der Waals surface area (Å²) in [6.07, 6.45) is 7.34. The highest BCUT2D eigenvalue weighted by Crippen LogP contribution is 2.18. The smallest absolute Gasteiger partial charge is 0.133 e. The average Bonchev–Trinajstić information content (AvgIpc) is 2.56. The Morgan fingerprint density at radius 3 is 2.64 bits per heavy atom. The summed E-state index contributed by atoms with van der Waals surface area (Å²) in [5.41, 5.74) is 3.41. The molecule has 110 valence electrons. The molecule has 3 aromatic rings. The van der Waals surface area contributed by atoms with Crippen LogP contribution in [0.1, 0.15) is 17.0 Å². The van der Waals surface area contributed by atoms with Crippen molar-refractivity contribution in [3.8, 4) is 11.3 Å². The second kappa shape index (κ2) is 6.60. The molecule has 0 saturated heterocycles. The Labute approximate surface area is 132 Å². The monoisotopic (exact) mass is 312 g/mol. The Morgan fingerprint density at radius 1 is 1.00 bits per heavy atom. The van der Waals surface area contributed by atoms with Crippen molar-refractivity contribution in [2.45, 2.75) is 13.0 Å². The van der Waals surface area contributed by atoms with Gasteiger partial charge in [-0.2, -0.15) is 0 Å². The van der Waals surface area contributed by atoms with Gasteiger partial charge in [-0.1, -0.05) is 11.6 Å². The normalized spacial score (nSPS) is 10.6. The first-order chi connectivity index (χ1) is 10.7. The fraction of sp³-hybridized carbons (Fsp3) is 0.125. The fourth-order valence-corrected chi connectivity index (χ4v) is 2.19. The van der Waals surface area contributed by atoms with Crippen LogP contribution < -0.4 is 0 Å². The third kappa shape index (κ3) is 3.44. The molecular formula is C16H13ClN4O. The van der Waals surface area contributed by atoms with Crippen LogP contribution in [0.25, 0.3) is 11.3 Å². The Bertz CT molecular complexity index is 777. The lowest BCUT2D eigenvalue weighted by molar-refractivity contribution is 0.281. The summed E-state index contributed by atoms with van der Waals surface area (Å²) in [6.45, 7) is -0.0296. The largest absolute Gasteiger partial charge is 0.392 e. The summed E-state index contributed by atoms with van der Waals surface area (Å²) in [6, 6.07) is 7.33. The van der Waals surface area contributed by atoms with E-state index in [9.17, 15) is 0 Å². The SMILES string of the molecule is OCc1cncc(Cc2nccc(-c3ccc(Cl)nc3)n2)c1. The number of nitrogens with zero attached hydrogens (tertiary/aromatic N) is 4. The summed E-state index contributed by atoms with van der Waals surface area (Å²) in [5.74, 6) is 0.685. The van der Waals surface area contributed by atoms with Crippen LogP contribution in [0.2, 0.25) is 5.15 Å². The van der Waals surface area contributed by atoms with Gasteiger partial charge in [-0.15, -0.1) is 0 Å². The number of pyridine rings is 2. The van der Waals surface area contributed by atoms with Crippen LogP contribution >= 0.6 is 11.6 Å². The summed E-state index contributed by atoms with van der Waals surface area (Å²) < 4.78 is 0. The first kappa shape index (κ1) is 14.6. The fourth-order valence-electron chi connectivity index (χ4n) is 2.08. The van der Waals surface area contributed by atoms with E-state index in [1.54, 1.807) is 30.9 Å². The van der Waals surface area contributed by atoms with Crippen molar-refractivity contribution in [3.63, 3.8) is 0 Å². The van der Waals surface area contributed by atoms with E-state index >= 15 is 0 Å². The molecular weight excluding hydrogens is 300 g/mol. The first-order valence-electron chi connectivity index (χ1n) is 6.72. The lowest BCUT2D eigenvalue weighted by Crippen LogP contribution is -1.99. The van der Waals surface area contributed by atoms with Crippen molar-refractivity contribution in [2.24, 2.45) is 0 Å². The second-order valence-electron chi connectivity index (χ2n) is 4.76. The molecule has 0 fully saturated rings. The predicted octanol–water partition coefficient (Wildman–Crippen LogP) is 2.67. The van der Waals surface area contributed by atoms with Crippen LogP contribution in [0.4, 0.5) is 0 Å². The topological polar surface area (TPSA) is 71.8 Å². The highest BCUT2D eigenvalue weighted by atomic mass is 35.5. The maximum absolute atomic E-state index is 9.15. The molecule has 0 atom stereocenters. The average molecular weight is 313 g/mol. The number of aliphatic hydroxyl groups excluding tert-OH is 1. The van der Waals surface area contributed by atoms with Crippen molar-refractivity contribution in [1.29, 1.82) is 0 Å². The van der Waals surface area contributed by atoms with Crippen LogP contribution in [0, 0.1) is 0 Å². The van der Waals surface area contributed by atoms with E-state index in [0.717, 1.165) is 22.4 Å². The number of rotatable bonds is 4. The van der Waals surface area contributed by atoms with Crippen LogP contribution in [-0.2, 0) is 13.0 Å². The lowest BCUT2D eigenvalue weighted by Gasteiger charge is -2.05. The molecule has 5 nitrogen and oxygen atoms in total. The van der Waals surface area contributed by atoms with Crippen molar-refractivity contribution >= 4 is 11.6 Å². The van der Waals surface area contributed by atoms with Crippen LogP contribution in [0.5, 0.6) is 0 Å². The minimum atomic E-state index is -0.0296. The van der Waals surface area contributed by atoms with Crippen molar-refractivity contribution in [3.05, 3.63) is 71.2 Å². The lowest BCUT2D eigenvalue weighted by atomic mass is 10.1. The van der Waals surface area contributed by atoms with Crippen molar-refractivity contribution < 1.29 is 5.11 Å². The molecule has 22 heavy (non-hydrogen) atoms. The zero-order valence-corrected chi connectivity index (χ0v) is 12.4. The van der Waals surface area contributed by atoms with Gasteiger partial charge in [0.15, 0.2) is 0 Å². The Morgan fingerprint density at radius 2 is 1.86 bits per heavy atom. The molecule has 0 bridgehead atoms. The summed E-state index contributed by atoms with van der Waals surface area (Å²) in [4.78, 5) is 17.0. The van der Waals surface area contributed by atoms with E-state index < -0.39 is 0 Å². The minimum absolute atomic E-state index is 0.0296. The van der Waals surface area contributed by atoms with Crippen LogP contribution in [0.15, 0.2) is 49.1 Å². The number of aromatic nitrogens is 4. The van der Waals surface area contributed by atoms with Crippen LogP contribution in [0.3, 0.4) is 0 Å². The molecule has 3 aromatic heterocycles. The Balaban J connectivity index is 1.86. The minimum Gasteiger partial charge on any atom is -0.392 e. The molecule has 0 radical (unpaired) electrons. The summed E-state index contributed by atoms with van der Waals surface area (Å²) in [5, 5.41) is 9.60. The predicted molar refractivity (Wildman–Crippen MR) is 83.2 cm³/mol. The maximum atomic E-state index is 9.15. The van der Waals surface area contributed by atoms with Gasteiger partial charge in [-0.25, -0.2) is 15.0 Å². The molecule has 0 aliphatic rings. The maximum Gasteiger partial charge on any atom is 0.133 e. The molecule has 6 heteroatoms. The van der Waals surface area contributed by atoms with Gasteiger partial charge >= 0.3 is 0 Å². The molecule has 0 aliphatic carbocycles. The zero-order chi connectivity index (χ0) is 15.4. The van der Waals surface area contributed by atoms with Gasteiger partial charge in [0.25, 0.3) is 0 Å².